The van der Waals surface area contributed by atoms with Crippen LogP contribution in [-0.2, 0) is 0 Å². The van der Waals surface area contributed by atoms with Crippen LogP contribution in [0, 0.1) is 63.6 Å². The van der Waals surface area contributed by atoms with Gasteiger partial charge in [-0.05, 0) is 133 Å². The lowest BCUT2D eigenvalue weighted by molar-refractivity contribution is -0.0694. The van der Waals surface area contributed by atoms with E-state index in [0.29, 0.717) is 46.5 Å². The van der Waals surface area contributed by atoms with E-state index in [-0.39, 0.29) is 16.6 Å². The van der Waals surface area contributed by atoms with Gasteiger partial charge >= 0.3 is 0 Å². The molecule has 4 N–H and O–H groups in total. The first kappa shape index (κ1) is 41.6. The number of hydrogen-bond donors (Lipinski definition) is 2. The molecule has 280 valence electrons. The van der Waals surface area contributed by atoms with E-state index in [4.69, 9.17) is 18.0 Å². The van der Waals surface area contributed by atoms with Crippen molar-refractivity contribution in [3.8, 4) is 0 Å². The molecular formula is C46H80N2O. The summed E-state index contributed by atoms with van der Waals surface area (Å²) >= 11 is 0. The van der Waals surface area contributed by atoms with Crippen LogP contribution >= 0.6 is 0 Å². The number of benzene rings is 1. The van der Waals surface area contributed by atoms with Crippen LogP contribution in [0.5, 0.6) is 0 Å². The minimum absolute atomic E-state index is 0.0352. The highest BCUT2D eigenvalue weighted by Crippen LogP contribution is 2.72. The zero-order chi connectivity index (χ0) is 36.7. The number of nitrogens with two attached hydrogens (primary N) is 2. The van der Waals surface area contributed by atoms with Gasteiger partial charge in [0, 0.05) is 23.4 Å². The van der Waals surface area contributed by atoms with Crippen molar-refractivity contribution in [3.63, 3.8) is 0 Å². The number of ketones is 1. The molecule has 5 rings (SSSR count). The third-order valence-electron chi connectivity index (χ3n) is 15.0. The van der Waals surface area contributed by atoms with Crippen molar-refractivity contribution >= 4 is 17.2 Å². The van der Waals surface area contributed by atoms with E-state index in [0.717, 1.165) is 29.6 Å². The fraction of sp³-hybridized carbons (Fsp3) is 0.804. The Morgan fingerprint density at radius 1 is 0.878 bits per heavy atom. The highest BCUT2D eigenvalue weighted by molar-refractivity contribution is 5.98. The van der Waals surface area contributed by atoms with Crippen molar-refractivity contribution in [3.05, 3.63) is 35.9 Å². The third kappa shape index (κ3) is 8.83. The second-order valence-electron chi connectivity index (χ2n) is 18.3. The number of allylic oxidation sites excluding steroid dienone is 1. The van der Waals surface area contributed by atoms with Gasteiger partial charge in [-0.3, -0.25) is 4.79 Å². The van der Waals surface area contributed by atoms with Gasteiger partial charge in [0.1, 0.15) is 0 Å². The van der Waals surface area contributed by atoms with E-state index in [1.165, 1.54) is 89.9 Å². The molecule has 10 atom stereocenters. The van der Waals surface area contributed by atoms with Crippen LogP contribution in [0.1, 0.15) is 183 Å². The first-order valence-corrected chi connectivity index (χ1v) is 21.0. The predicted octanol–water partition coefficient (Wildman–Crippen LogP) is 13.6. The van der Waals surface area contributed by atoms with Gasteiger partial charge in [0.2, 0.25) is 0 Å². The number of rotatable bonds is 11. The second-order valence-corrected chi connectivity index (χ2v) is 18.3. The lowest BCUT2D eigenvalue weighted by Crippen LogP contribution is -2.53. The summed E-state index contributed by atoms with van der Waals surface area (Å²) in [5, 5.41) is 0. The fourth-order valence-electron chi connectivity index (χ4n) is 11.8. The summed E-state index contributed by atoms with van der Waals surface area (Å²) < 4.78 is 0. The molecule has 0 heterocycles. The molecule has 3 heteroatoms. The molecule has 0 aliphatic heterocycles. The van der Waals surface area contributed by atoms with Gasteiger partial charge in [-0.1, -0.05) is 127 Å². The molecule has 3 nitrogen and oxygen atoms in total. The molecule has 0 saturated heterocycles. The Bertz CT molecular complexity index is 1200. The lowest BCUT2D eigenvalue weighted by atomic mass is 9.43. The van der Waals surface area contributed by atoms with Crippen LogP contribution < -0.4 is 11.5 Å². The maximum Gasteiger partial charge on any atom is 0.163 e. The van der Waals surface area contributed by atoms with Crippen LogP contribution in [0.25, 0.3) is 0 Å². The SMILES string of the molecule is C=C1C2CCC3C1(CCC(C)C3(C)CC(=O)c1cc(N)cc(N)c1)CCC1(C)C(C(C)CCCC(C)C)CCC21.CC.CCCC(C)CC. The number of fused-ring (bicyclic) bond motifs is 3. The van der Waals surface area contributed by atoms with E-state index < -0.39 is 0 Å². The summed E-state index contributed by atoms with van der Waals surface area (Å²) in [5.74, 6) is 6.11. The Morgan fingerprint density at radius 2 is 1.53 bits per heavy atom. The van der Waals surface area contributed by atoms with Gasteiger partial charge in [-0.15, -0.1) is 0 Å². The summed E-state index contributed by atoms with van der Waals surface area (Å²) in [6.45, 7) is 30.6. The lowest BCUT2D eigenvalue weighted by Gasteiger charge is -2.61. The highest BCUT2D eigenvalue weighted by atomic mass is 16.1. The molecule has 1 aromatic carbocycles. The first-order chi connectivity index (χ1) is 23.1. The van der Waals surface area contributed by atoms with Gasteiger partial charge < -0.3 is 11.5 Å². The second kappa shape index (κ2) is 17.6. The average Bonchev–Trinajstić information content (AvgIpc) is 3.38. The quantitative estimate of drug-likeness (QED) is 0.139. The molecule has 4 fully saturated rings. The van der Waals surface area contributed by atoms with Crippen LogP contribution in [0.15, 0.2) is 30.4 Å². The van der Waals surface area contributed by atoms with Gasteiger partial charge in [0.05, 0.1) is 0 Å². The summed E-state index contributed by atoms with van der Waals surface area (Å²) in [4.78, 5) is 13.8. The fourth-order valence-corrected chi connectivity index (χ4v) is 11.8. The average molecular weight is 677 g/mol. The molecule has 1 spiro atoms. The number of carbonyl (C=O) groups is 1. The summed E-state index contributed by atoms with van der Waals surface area (Å²) in [7, 11) is 0. The molecule has 1 aromatic rings. The largest absolute Gasteiger partial charge is 0.399 e. The van der Waals surface area contributed by atoms with Gasteiger partial charge in [-0.2, -0.15) is 0 Å². The smallest absolute Gasteiger partial charge is 0.163 e. The van der Waals surface area contributed by atoms with Crippen molar-refractivity contribution in [2.45, 2.75) is 172 Å². The minimum Gasteiger partial charge on any atom is -0.399 e. The van der Waals surface area contributed by atoms with Crippen LogP contribution in [0.2, 0.25) is 0 Å². The number of Topliss-reactive ketones (excluding diaryl/α,β-unsaturated/α-hetero) is 1. The highest BCUT2D eigenvalue weighted by Gasteiger charge is 2.63. The number of carbonyl (C=O) groups excluding carboxylic acids is 1. The minimum atomic E-state index is -0.0352. The van der Waals surface area contributed by atoms with E-state index >= 15 is 0 Å². The van der Waals surface area contributed by atoms with E-state index in [1.54, 1.807) is 11.6 Å². The zero-order valence-corrected chi connectivity index (χ0v) is 34.2. The number of anilines is 2. The standard InChI is InChI=1S/C37H58N2O.C7H16.C2H6/c1-23(2)9-8-10-24(3)31-12-13-32-30-11-14-34-36(7,22-33(40)27-19-28(38)21-29(39)20-27)25(4)15-16-37(34,26(30)5)18-17-35(31,32)6;1-4-6-7(3)5-2;1-2/h19-21,23-25,30-32,34H,5,8-18,22,38-39H2,1-4,6-7H3;7H,4-6H2,1-3H3;1-2H3. The van der Waals surface area contributed by atoms with E-state index in [9.17, 15) is 4.79 Å². The summed E-state index contributed by atoms with van der Waals surface area (Å²) in [6.07, 6.45) is 19.2. The molecule has 4 saturated carbocycles. The molecule has 4 aliphatic rings. The molecule has 2 bridgehead atoms. The monoisotopic (exact) mass is 677 g/mol. The molecular weight excluding hydrogens is 597 g/mol. The van der Waals surface area contributed by atoms with Gasteiger partial charge in [0.25, 0.3) is 0 Å². The maximum atomic E-state index is 13.8. The predicted molar refractivity (Wildman–Crippen MR) is 216 cm³/mol. The van der Waals surface area contributed by atoms with Crippen LogP contribution in [0.3, 0.4) is 0 Å². The van der Waals surface area contributed by atoms with Crippen molar-refractivity contribution in [2.75, 3.05) is 11.5 Å². The Morgan fingerprint density at radius 3 is 2.10 bits per heavy atom. The van der Waals surface area contributed by atoms with E-state index in [2.05, 4.69) is 62.3 Å². The Kier molecular flexibility index (Phi) is 15.0. The van der Waals surface area contributed by atoms with Crippen LogP contribution in [0.4, 0.5) is 11.4 Å². The van der Waals surface area contributed by atoms with Gasteiger partial charge in [-0.25, -0.2) is 0 Å². The molecule has 4 aliphatic carbocycles. The van der Waals surface area contributed by atoms with Crippen molar-refractivity contribution in [1.29, 1.82) is 0 Å². The Hall–Kier alpha value is -1.77. The molecule has 0 radical (unpaired) electrons. The van der Waals surface area contributed by atoms with Crippen molar-refractivity contribution in [2.24, 2.45) is 63.6 Å². The molecule has 10 unspecified atom stereocenters. The van der Waals surface area contributed by atoms with E-state index in [1.807, 2.05) is 26.0 Å². The number of hydrogen-bond acceptors (Lipinski definition) is 3. The Balaban J connectivity index is 0.000000644. The van der Waals surface area contributed by atoms with Crippen molar-refractivity contribution < 1.29 is 4.79 Å². The Labute approximate surface area is 304 Å². The molecule has 0 aromatic heterocycles. The maximum absolute atomic E-state index is 13.8. The molecule has 0 amide bonds. The van der Waals surface area contributed by atoms with Gasteiger partial charge in [0.15, 0.2) is 5.78 Å². The normalized spacial score (nSPS) is 34.7. The van der Waals surface area contributed by atoms with Crippen LogP contribution in [-0.4, -0.2) is 5.78 Å². The zero-order valence-electron chi connectivity index (χ0n) is 34.2. The summed E-state index contributed by atoms with van der Waals surface area (Å²) in [6, 6.07) is 5.37. The topological polar surface area (TPSA) is 69.1 Å². The molecule has 49 heavy (non-hydrogen) atoms. The first-order valence-electron chi connectivity index (χ1n) is 21.0. The van der Waals surface area contributed by atoms with Crippen molar-refractivity contribution in [1.82, 2.24) is 0 Å². The summed E-state index contributed by atoms with van der Waals surface area (Å²) in [5.41, 5.74) is 16.2. The number of nitrogen functional groups attached to an aromatic ring is 2. The third-order valence-corrected chi connectivity index (χ3v) is 15.0.